The average Bonchev–Trinajstić information content (AvgIpc) is 2.12. The smallest absolute Gasteiger partial charge is 0.243 e. The fourth-order valence-corrected chi connectivity index (χ4v) is 0.819. The van der Waals surface area contributed by atoms with Gasteiger partial charge in [0.05, 0.1) is 6.04 Å². The Morgan fingerprint density at radius 2 is 2.33 bits per heavy atom. The minimum Gasteiger partial charge on any atom is -0.311 e. The molecule has 0 saturated carbocycles. The van der Waals surface area contributed by atoms with Crippen LogP contribution in [-0.2, 0) is 9.59 Å². The maximum atomic E-state index is 10.5. The highest BCUT2D eigenvalue weighted by Gasteiger charge is 2.05. The molecule has 5 nitrogen and oxygen atoms in total. The molecule has 0 aliphatic carbocycles. The predicted molar refractivity (Wildman–Crippen MR) is 42.7 cm³/mol. The number of aldehydes is 1. The Bertz CT molecular complexity index is 150. The van der Waals surface area contributed by atoms with Gasteiger partial charge in [-0.05, 0) is 19.9 Å². The first-order chi connectivity index (χ1) is 5.74. The number of carbonyl (C=O) groups is 2. The highest BCUT2D eigenvalue weighted by molar-refractivity contribution is 5.74. The lowest BCUT2D eigenvalue weighted by Gasteiger charge is -2.06. The van der Waals surface area contributed by atoms with Crippen molar-refractivity contribution in [3.63, 3.8) is 0 Å². The summed E-state index contributed by atoms with van der Waals surface area (Å²) < 4.78 is 0. The van der Waals surface area contributed by atoms with Crippen LogP contribution < -0.4 is 10.8 Å². The van der Waals surface area contributed by atoms with E-state index in [1.165, 1.54) is 5.48 Å². The fraction of sp³-hybridized carbons (Fsp3) is 0.714. The van der Waals surface area contributed by atoms with Gasteiger partial charge < -0.3 is 10.1 Å². The van der Waals surface area contributed by atoms with E-state index in [4.69, 9.17) is 5.21 Å². The van der Waals surface area contributed by atoms with E-state index < -0.39 is 5.91 Å². The Balaban J connectivity index is 3.40. The molecule has 0 bridgehead atoms. The molecular formula is C7H14N2O3. The lowest BCUT2D eigenvalue weighted by atomic mass is 10.1. The van der Waals surface area contributed by atoms with Gasteiger partial charge in [-0.2, -0.15) is 0 Å². The normalized spacial score (nSPS) is 12.2. The molecule has 1 amide bonds. The second kappa shape index (κ2) is 6.75. The number of hydrogen-bond acceptors (Lipinski definition) is 4. The van der Waals surface area contributed by atoms with Crippen molar-refractivity contribution in [1.29, 1.82) is 0 Å². The zero-order valence-electron chi connectivity index (χ0n) is 7.04. The van der Waals surface area contributed by atoms with Crippen LogP contribution in [0.4, 0.5) is 0 Å². The van der Waals surface area contributed by atoms with E-state index in [1.54, 1.807) is 7.05 Å². The summed E-state index contributed by atoms with van der Waals surface area (Å²) in [6.45, 7) is 0. The SMILES string of the molecule is CNC(C=O)CCCC(=O)NO. The molecular weight excluding hydrogens is 160 g/mol. The van der Waals surface area contributed by atoms with Crippen LogP contribution in [0.25, 0.3) is 0 Å². The summed E-state index contributed by atoms with van der Waals surface area (Å²) in [6, 6.07) is -0.198. The Morgan fingerprint density at radius 1 is 1.67 bits per heavy atom. The number of likely N-dealkylation sites (N-methyl/N-ethyl adjacent to an activating group) is 1. The van der Waals surface area contributed by atoms with E-state index >= 15 is 0 Å². The number of nitrogens with one attached hydrogen (secondary N) is 2. The molecule has 0 radical (unpaired) electrons. The summed E-state index contributed by atoms with van der Waals surface area (Å²) in [6.07, 6.45) is 2.23. The maximum Gasteiger partial charge on any atom is 0.243 e. The third-order valence-corrected chi connectivity index (χ3v) is 1.58. The number of amides is 1. The van der Waals surface area contributed by atoms with Crippen molar-refractivity contribution < 1.29 is 14.8 Å². The lowest BCUT2D eigenvalue weighted by Crippen LogP contribution is -2.27. The van der Waals surface area contributed by atoms with Gasteiger partial charge in [-0.1, -0.05) is 0 Å². The van der Waals surface area contributed by atoms with Gasteiger partial charge in [0.25, 0.3) is 0 Å². The van der Waals surface area contributed by atoms with Crippen LogP contribution in [0.3, 0.4) is 0 Å². The van der Waals surface area contributed by atoms with Gasteiger partial charge in [0.15, 0.2) is 0 Å². The van der Waals surface area contributed by atoms with Crippen LogP contribution in [0.2, 0.25) is 0 Å². The van der Waals surface area contributed by atoms with E-state index in [-0.39, 0.29) is 12.5 Å². The molecule has 1 unspecified atom stereocenters. The van der Waals surface area contributed by atoms with Crippen LogP contribution in [0.5, 0.6) is 0 Å². The predicted octanol–water partition coefficient (Wildman–Crippen LogP) is -0.551. The molecule has 0 rings (SSSR count). The maximum absolute atomic E-state index is 10.5. The van der Waals surface area contributed by atoms with Crippen molar-refractivity contribution in [3.8, 4) is 0 Å². The summed E-state index contributed by atoms with van der Waals surface area (Å²) >= 11 is 0. The number of hydrogen-bond donors (Lipinski definition) is 3. The minimum atomic E-state index is -0.421. The largest absolute Gasteiger partial charge is 0.311 e. The van der Waals surface area contributed by atoms with Crippen LogP contribution in [0, 0.1) is 0 Å². The topological polar surface area (TPSA) is 78.4 Å². The summed E-state index contributed by atoms with van der Waals surface area (Å²) in [7, 11) is 1.69. The minimum absolute atomic E-state index is 0.198. The monoisotopic (exact) mass is 174 g/mol. The van der Waals surface area contributed by atoms with Crippen LogP contribution >= 0.6 is 0 Å². The molecule has 1 atom stereocenters. The van der Waals surface area contributed by atoms with E-state index in [2.05, 4.69) is 5.32 Å². The fourth-order valence-electron chi connectivity index (χ4n) is 0.819. The van der Waals surface area contributed by atoms with Crippen LogP contribution in [0.15, 0.2) is 0 Å². The van der Waals surface area contributed by atoms with Crippen LogP contribution in [-0.4, -0.2) is 30.5 Å². The molecule has 0 fully saturated rings. The summed E-state index contributed by atoms with van der Waals surface area (Å²) in [5.74, 6) is -0.421. The summed E-state index contributed by atoms with van der Waals surface area (Å²) in [4.78, 5) is 20.8. The van der Waals surface area contributed by atoms with Crippen molar-refractivity contribution in [3.05, 3.63) is 0 Å². The third kappa shape index (κ3) is 4.81. The van der Waals surface area contributed by atoms with E-state index in [1.807, 2.05) is 0 Å². The lowest BCUT2D eigenvalue weighted by molar-refractivity contribution is -0.129. The molecule has 5 heteroatoms. The Hall–Kier alpha value is -0.940. The van der Waals surface area contributed by atoms with Gasteiger partial charge in [0.1, 0.15) is 6.29 Å². The molecule has 0 spiro atoms. The van der Waals surface area contributed by atoms with Gasteiger partial charge in [-0.3, -0.25) is 10.0 Å². The summed E-state index contributed by atoms with van der Waals surface area (Å²) in [5, 5.41) is 10.9. The molecule has 3 N–H and O–H groups in total. The van der Waals surface area contributed by atoms with E-state index in [0.717, 1.165) is 6.29 Å². The molecule has 0 aromatic rings. The molecule has 0 aliphatic heterocycles. The Labute approximate surface area is 71.1 Å². The average molecular weight is 174 g/mol. The first-order valence-electron chi connectivity index (χ1n) is 3.80. The molecule has 0 heterocycles. The number of rotatable bonds is 6. The van der Waals surface area contributed by atoms with Gasteiger partial charge in [-0.25, -0.2) is 5.48 Å². The van der Waals surface area contributed by atoms with E-state index in [9.17, 15) is 9.59 Å². The van der Waals surface area contributed by atoms with Crippen molar-refractivity contribution in [1.82, 2.24) is 10.8 Å². The van der Waals surface area contributed by atoms with Crippen LogP contribution in [0.1, 0.15) is 19.3 Å². The second-order valence-corrected chi connectivity index (χ2v) is 2.46. The second-order valence-electron chi connectivity index (χ2n) is 2.46. The molecule has 0 aliphatic rings. The van der Waals surface area contributed by atoms with Crippen molar-refractivity contribution in [2.24, 2.45) is 0 Å². The highest BCUT2D eigenvalue weighted by Crippen LogP contribution is 1.98. The zero-order chi connectivity index (χ0) is 9.40. The Morgan fingerprint density at radius 3 is 2.75 bits per heavy atom. The van der Waals surface area contributed by atoms with E-state index in [0.29, 0.717) is 12.8 Å². The van der Waals surface area contributed by atoms with Gasteiger partial charge in [0, 0.05) is 6.42 Å². The zero-order valence-corrected chi connectivity index (χ0v) is 7.04. The molecule has 0 aromatic carbocycles. The van der Waals surface area contributed by atoms with Gasteiger partial charge in [0.2, 0.25) is 5.91 Å². The Kier molecular flexibility index (Phi) is 6.22. The standard InChI is InChI=1S/C7H14N2O3/c1-8-6(5-10)3-2-4-7(11)9-12/h5-6,8,12H,2-4H2,1H3,(H,9,11). The van der Waals surface area contributed by atoms with Crippen molar-refractivity contribution >= 4 is 12.2 Å². The third-order valence-electron chi connectivity index (χ3n) is 1.58. The van der Waals surface area contributed by atoms with Crippen molar-refractivity contribution in [2.45, 2.75) is 25.3 Å². The molecule has 70 valence electrons. The van der Waals surface area contributed by atoms with Gasteiger partial charge >= 0.3 is 0 Å². The number of carbonyl (C=O) groups excluding carboxylic acids is 2. The van der Waals surface area contributed by atoms with Gasteiger partial charge in [-0.15, -0.1) is 0 Å². The molecule has 12 heavy (non-hydrogen) atoms. The first kappa shape index (κ1) is 11.1. The first-order valence-corrected chi connectivity index (χ1v) is 3.80. The molecule has 0 saturated heterocycles. The van der Waals surface area contributed by atoms with Crippen molar-refractivity contribution in [2.75, 3.05) is 7.05 Å². The quantitative estimate of drug-likeness (QED) is 0.287. The molecule has 0 aromatic heterocycles. The highest BCUT2D eigenvalue weighted by atomic mass is 16.5. The summed E-state index contributed by atoms with van der Waals surface area (Å²) in [5.41, 5.74) is 1.53. The number of hydroxylamine groups is 1.